The van der Waals surface area contributed by atoms with Crippen LogP contribution in [0.3, 0.4) is 0 Å². The van der Waals surface area contributed by atoms with E-state index in [4.69, 9.17) is 9.47 Å². The van der Waals surface area contributed by atoms with Gasteiger partial charge in [0.25, 0.3) is 5.91 Å². The third kappa shape index (κ3) is 3.66. The second-order valence-corrected chi connectivity index (χ2v) is 4.86. The fourth-order valence-corrected chi connectivity index (χ4v) is 1.83. The summed E-state index contributed by atoms with van der Waals surface area (Å²) >= 11 is 0. The van der Waals surface area contributed by atoms with Crippen LogP contribution >= 0.6 is 0 Å². The van der Waals surface area contributed by atoms with Crippen LogP contribution in [-0.4, -0.2) is 29.2 Å². The Labute approximate surface area is 128 Å². The number of nitrogens with zero attached hydrogens (tertiary/aromatic N) is 1. The Balaban J connectivity index is 2.21. The Hall–Kier alpha value is -2.76. The fraction of sp³-hybridized carbons (Fsp3) is 0.250. The second-order valence-electron chi connectivity index (χ2n) is 4.86. The highest BCUT2D eigenvalue weighted by Crippen LogP contribution is 2.29. The number of aromatic hydroxyl groups is 1. The first-order valence-corrected chi connectivity index (χ1v) is 6.81. The van der Waals surface area contributed by atoms with Gasteiger partial charge in [0.15, 0.2) is 23.1 Å². The molecule has 116 valence electrons. The lowest BCUT2D eigenvalue weighted by atomic mass is 10.2. The van der Waals surface area contributed by atoms with Crippen molar-refractivity contribution >= 4 is 11.7 Å². The highest BCUT2D eigenvalue weighted by molar-refractivity contribution is 6.04. The predicted molar refractivity (Wildman–Crippen MR) is 82.6 cm³/mol. The summed E-state index contributed by atoms with van der Waals surface area (Å²) in [5, 5.41) is 12.2. The maximum atomic E-state index is 12.2. The summed E-state index contributed by atoms with van der Waals surface area (Å²) in [5.74, 6) is 0.640. The Bertz CT molecular complexity index is 671. The lowest BCUT2D eigenvalue weighted by Gasteiger charge is -2.14. The van der Waals surface area contributed by atoms with E-state index in [-0.39, 0.29) is 17.7 Å². The first kappa shape index (κ1) is 15.6. The molecule has 2 aromatic rings. The largest absolute Gasteiger partial charge is 0.504 e. The zero-order chi connectivity index (χ0) is 16.1. The van der Waals surface area contributed by atoms with Crippen LogP contribution in [0.25, 0.3) is 0 Å². The van der Waals surface area contributed by atoms with Crippen LogP contribution in [0.2, 0.25) is 0 Å². The molecule has 0 aliphatic carbocycles. The van der Waals surface area contributed by atoms with Gasteiger partial charge in [0.2, 0.25) is 0 Å². The van der Waals surface area contributed by atoms with Crippen LogP contribution < -0.4 is 14.8 Å². The van der Waals surface area contributed by atoms with E-state index in [0.29, 0.717) is 17.1 Å². The minimum absolute atomic E-state index is 0.000887. The van der Waals surface area contributed by atoms with Crippen molar-refractivity contribution in [1.29, 1.82) is 0 Å². The monoisotopic (exact) mass is 302 g/mol. The summed E-state index contributed by atoms with van der Waals surface area (Å²) in [7, 11) is 1.51. The van der Waals surface area contributed by atoms with Crippen molar-refractivity contribution in [2.75, 3.05) is 12.4 Å². The van der Waals surface area contributed by atoms with Gasteiger partial charge in [-0.1, -0.05) is 0 Å². The molecule has 6 nitrogen and oxygen atoms in total. The molecule has 0 unspecified atom stereocenters. The molecule has 1 amide bonds. The van der Waals surface area contributed by atoms with Gasteiger partial charge in [-0.15, -0.1) is 0 Å². The van der Waals surface area contributed by atoms with Crippen LogP contribution in [0, 0.1) is 0 Å². The molecule has 0 atom stereocenters. The zero-order valence-electron chi connectivity index (χ0n) is 12.7. The second kappa shape index (κ2) is 6.80. The Morgan fingerprint density at radius 3 is 2.68 bits per heavy atom. The first-order chi connectivity index (χ1) is 10.5. The number of amides is 1. The van der Waals surface area contributed by atoms with E-state index in [0.717, 1.165) is 0 Å². The lowest BCUT2D eigenvalue weighted by Crippen LogP contribution is -2.13. The van der Waals surface area contributed by atoms with Crippen LogP contribution in [-0.2, 0) is 0 Å². The number of hydrogen-bond acceptors (Lipinski definition) is 5. The molecule has 2 rings (SSSR count). The number of carbonyl (C=O) groups is 1. The average molecular weight is 302 g/mol. The molecule has 0 bridgehead atoms. The van der Waals surface area contributed by atoms with Crippen molar-refractivity contribution in [2.45, 2.75) is 20.0 Å². The number of anilines is 1. The Morgan fingerprint density at radius 2 is 2.05 bits per heavy atom. The van der Waals surface area contributed by atoms with E-state index in [1.54, 1.807) is 24.3 Å². The smallest absolute Gasteiger partial charge is 0.257 e. The highest BCUT2D eigenvalue weighted by Gasteiger charge is 2.14. The normalized spacial score (nSPS) is 10.4. The number of rotatable bonds is 5. The molecule has 0 saturated heterocycles. The number of benzene rings is 1. The number of carbonyl (C=O) groups excluding carboxylic acids is 1. The van der Waals surface area contributed by atoms with Crippen molar-refractivity contribution in [3.05, 3.63) is 42.1 Å². The molecule has 0 radical (unpaired) electrons. The van der Waals surface area contributed by atoms with Gasteiger partial charge in [0.1, 0.15) is 0 Å². The molecule has 0 aliphatic heterocycles. The summed E-state index contributed by atoms with van der Waals surface area (Å²) in [4.78, 5) is 16.1. The summed E-state index contributed by atoms with van der Waals surface area (Å²) in [6, 6.07) is 7.89. The quantitative estimate of drug-likeness (QED) is 0.887. The van der Waals surface area contributed by atoms with Gasteiger partial charge >= 0.3 is 0 Å². The van der Waals surface area contributed by atoms with Crippen LogP contribution in [0.1, 0.15) is 24.2 Å². The predicted octanol–water partition coefficient (Wildman–Crippen LogP) is 2.84. The Morgan fingerprint density at radius 1 is 1.27 bits per heavy atom. The summed E-state index contributed by atoms with van der Waals surface area (Å²) < 4.78 is 10.8. The van der Waals surface area contributed by atoms with Crippen molar-refractivity contribution in [1.82, 2.24) is 4.98 Å². The number of ether oxygens (including phenoxy) is 2. The number of hydrogen-bond donors (Lipinski definition) is 2. The molecule has 22 heavy (non-hydrogen) atoms. The van der Waals surface area contributed by atoms with Crippen molar-refractivity contribution in [3.63, 3.8) is 0 Å². The van der Waals surface area contributed by atoms with Gasteiger partial charge in [-0.2, -0.15) is 0 Å². The number of nitrogens with one attached hydrogen (secondary N) is 1. The zero-order valence-corrected chi connectivity index (χ0v) is 12.7. The topological polar surface area (TPSA) is 80.7 Å². The van der Waals surface area contributed by atoms with E-state index in [1.807, 2.05) is 13.8 Å². The molecular formula is C16H18N2O4. The molecule has 1 heterocycles. The third-order valence-corrected chi connectivity index (χ3v) is 2.81. The average Bonchev–Trinajstić information content (AvgIpc) is 2.49. The van der Waals surface area contributed by atoms with Crippen molar-refractivity contribution in [2.24, 2.45) is 0 Å². The number of methoxy groups -OCH3 is 1. The molecule has 0 saturated carbocycles. The molecule has 1 aromatic heterocycles. The summed E-state index contributed by atoms with van der Waals surface area (Å²) in [6.07, 6.45) is 1.48. The minimum atomic E-state index is -0.400. The first-order valence-electron chi connectivity index (χ1n) is 6.81. The van der Waals surface area contributed by atoms with E-state index in [2.05, 4.69) is 10.3 Å². The standard InChI is InChI=1S/C16H18N2O4/c1-10(2)22-13-7-6-11(9-14(13)21-3)16(20)18-15-12(19)5-4-8-17-15/h4-10,19H,1-3H3,(H,17,18,20). The van der Waals surface area contributed by atoms with Gasteiger partial charge in [-0.25, -0.2) is 4.98 Å². The molecule has 1 aromatic carbocycles. The number of aromatic nitrogens is 1. The fourth-order valence-electron chi connectivity index (χ4n) is 1.83. The maximum absolute atomic E-state index is 12.2. The maximum Gasteiger partial charge on any atom is 0.257 e. The molecule has 0 aliphatic rings. The van der Waals surface area contributed by atoms with Crippen LogP contribution in [0.5, 0.6) is 17.2 Å². The number of pyridine rings is 1. The lowest BCUT2D eigenvalue weighted by molar-refractivity contribution is 0.102. The summed E-state index contributed by atoms with van der Waals surface area (Å²) in [5.41, 5.74) is 0.373. The molecular weight excluding hydrogens is 284 g/mol. The Kier molecular flexibility index (Phi) is 4.83. The molecule has 6 heteroatoms. The van der Waals surface area contributed by atoms with Gasteiger partial charge < -0.3 is 19.9 Å². The third-order valence-electron chi connectivity index (χ3n) is 2.81. The van der Waals surface area contributed by atoms with Gasteiger partial charge in [-0.3, -0.25) is 4.79 Å². The van der Waals surface area contributed by atoms with Crippen molar-refractivity contribution < 1.29 is 19.4 Å². The van der Waals surface area contributed by atoms with Gasteiger partial charge in [-0.05, 0) is 44.2 Å². The minimum Gasteiger partial charge on any atom is -0.504 e. The SMILES string of the molecule is COc1cc(C(=O)Nc2ncccc2O)ccc1OC(C)C. The molecule has 2 N–H and O–H groups in total. The van der Waals surface area contributed by atoms with E-state index < -0.39 is 5.91 Å². The van der Waals surface area contributed by atoms with Crippen LogP contribution in [0.4, 0.5) is 5.82 Å². The highest BCUT2D eigenvalue weighted by atomic mass is 16.5. The molecule has 0 spiro atoms. The van der Waals surface area contributed by atoms with E-state index in [9.17, 15) is 9.90 Å². The van der Waals surface area contributed by atoms with Crippen LogP contribution in [0.15, 0.2) is 36.5 Å². The summed E-state index contributed by atoms with van der Waals surface area (Å²) in [6.45, 7) is 3.81. The van der Waals surface area contributed by atoms with Crippen molar-refractivity contribution in [3.8, 4) is 17.2 Å². The van der Waals surface area contributed by atoms with Gasteiger partial charge in [0.05, 0.1) is 13.2 Å². The van der Waals surface area contributed by atoms with E-state index >= 15 is 0 Å². The van der Waals surface area contributed by atoms with E-state index in [1.165, 1.54) is 19.4 Å². The van der Waals surface area contributed by atoms with Gasteiger partial charge in [0, 0.05) is 11.8 Å². The molecule has 0 fully saturated rings.